The SMILES string of the molecule is N#CC1(NC(=O)CN(CCO)Cc2cc(Br)ccc2F)CCCCCC1. The lowest BCUT2D eigenvalue weighted by molar-refractivity contribution is -0.124. The molecule has 0 bridgehead atoms. The van der Waals surface area contributed by atoms with Gasteiger partial charge in [0.2, 0.25) is 5.91 Å². The summed E-state index contributed by atoms with van der Waals surface area (Å²) in [5.41, 5.74) is -0.357. The molecular weight excluding hydrogens is 401 g/mol. The number of hydrogen-bond donors (Lipinski definition) is 2. The molecule has 7 heteroatoms. The molecule has 0 heterocycles. The summed E-state index contributed by atoms with van der Waals surface area (Å²) in [7, 11) is 0. The molecule has 1 aromatic rings. The van der Waals surface area contributed by atoms with Crippen LogP contribution in [0.15, 0.2) is 22.7 Å². The highest BCUT2D eigenvalue weighted by molar-refractivity contribution is 9.10. The first-order valence-electron chi connectivity index (χ1n) is 8.97. The number of amides is 1. The summed E-state index contributed by atoms with van der Waals surface area (Å²) < 4.78 is 14.7. The van der Waals surface area contributed by atoms with E-state index in [1.165, 1.54) is 6.07 Å². The first kappa shape index (κ1) is 20.8. The highest BCUT2D eigenvalue weighted by Gasteiger charge is 2.32. The number of aliphatic hydroxyl groups is 1. The van der Waals surface area contributed by atoms with Gasteiger partial charge in [-0.15, -0.1) is 0 Å². The van der Waals surface area contributed by atoms with Gasteiger partial charge in [0.05, 0.1) is 19.2 Å². The van der Waals surface area contributed by atoms with Crippen molar-refractivity contribution in [3.8, 4) is 6.07 Å². The van der Waals surface area contributed by atoms with Crippen LogP contribution in [0.3, 0.4) is 0 Å². The van der Waals surface area contributed by atoms with Crippen LogP contribution in [0.1, 0.15) is 44.1 Å². The van der Waals surface area contributed by atoms with E-state index >= 15 is 0 Å². The first-order valence-corrected chi connectivity index (χ1v) is 9.77. The molecule has 0 radical (unpaired) electrons. The van der Waals surface area contributed by atoms with Crippen molar-refractivity contribution in [2.45, 2.75) is 50.6 Å². The largest absolute Gasteiger partial charge is 0.395 e. The fourth-order valence-electron chi connectivity index (χ4n) is 3.37. The molecule has 26 heavy (non-hydrogen) atoms. The Balaban J connectivity index is 2.02. The predicted molar refractivity (Wildman–Crippen MR) is 101 cm³/mol. The standard InChI is InChI=1S/C19H25BrFN3O2/c20-16-5-6-17(21)15(11-16)12-24(9-10-25)13-18(26)23-19(14-22)7-3-1-2-4-8-19/h5-6,11,25H,1-4,7-10,12-13H2,(H,23,26). The van der Waals surface area contributed by atoms with E-state index in [-0.39, 0.29) is 38.0 Å². The number of hydrogen-bond acceptors (Lipinski definition) is 4. The Kier molecular flexibility index (Phi) is 8.01. The van der Waals surface area contributed by atoms with Crippen molar-refractivity contribution in [3.63, 3.8) is 0 Å². The molecule has 2 rings (SSSR count). The number of nitrogens with one attached hydrogen (secondary N) is 1. The van der Waals surface area contributed by atoms with Gasteiger partial charge in [-0.25, -0.2) is 4.39 Å². The zero-order valence-electron chi connectivity index (χ0n) is 14.8. The lowest BCUT2D eigenvalue weighted by atomic mass is 9.92. The van der Waals surface area contributed by atoms with E-state index in [0.717, 1.165) is 30.2 Å². The van der Waals surface area contributed by atoms with Crippen LogP contribution in [0.2, 0.25) is 0 Å². The minimum absolute atomic E-state index is 0.00986. The molecule has 0 saturated heterocycles. The van der Waals surface area contributed by atoms with Crippen molar-refractivity contribution in [3.05, 3.63) is 34.1 Å². The average Bonchev–Trinajstić information content (AvgIpc) is 2.84. The van der Waals surface area contributed by atoms with Crippen molar-refractivity contribution < 1.29 is 14.3 Å². The van der Waals surface area contributed by atoms with Crippen molar-refractivity contribution in [1.82, 2.24) is 10.2 Å². The van der Waals surface area contributed by atoms with Crippen LogP contribution < -0.4 is 5.32 Å². The number of nitriles is 1. The molecule has 1 amide bonds. The Morgan fingerprint density at radius 1 is 1.35 bits per heavy atom. The van der Waals surface area contributed by atoms with E-state index in [0.29, 0.717) is 18.4 Å². The van der Waals surface area contributed by atoms with Gasteiger partial charge in [-0.3, -0.25) is 9.69 Å². The number of benzene rings is 1. The van der Waals surface area contributed by atoms with Crippen molar-refractivity contribution >= 4 is 21.8 Å². The summed E-state index contributed by atoms with van der Waals surface area (Å²) in [6.07, 6.45) is 5.34. The third kappa shape index (κ3) is 6.04. The predicted octanol–water partition coefficient (Wildman–Crippen LogP) is 3.12. The van der Waals surface area contributed by atoms with Gasteiger partial charge >= 0.3 is 0 Å². The van der Waals surface area contributed by atoms with Gasteiger partial charge in [-0.05, 0) is 31.0 Å². The van der Waals surface area contributed by atoms with Crippen molar-refractivity contribution in [1.29, 1.82) is 5.26 Å². The molecule has 142 valence electrons. The fraction of sp³-hybridized carbons (Fsp3) is 0.579. The second-order valence-corrected chi connectivity index (χ2v) is 7.74. The molecule has 0 atom stereocenters. The highest BCUT2D eigenvalue weighted by Crippen LogP contribution is 2.26. The van der Waals surface area contributed by atoms with E-state index in [9.17, 15) is 19.6 Å². The smallest absolute Gasteiger partial charge is 0.235 e. The Morgan fingerprint density at radius 2 is 2.04 bits per heavy atom. The van der Waals surface area contributed by atoms with Crippen molar-refractivity contribution in [2.75, 3.05) is 19.7 Å². The van der Waals surface area contributed by atoms with Crippen molar-refractivity contribution in [2.24, 2.45) is 0 Å². The number of halogens is 2. The molecule has 5 nitrogen and oxygen atoms in total. The zero-order chi connectivity index (χ0) is 19.0. The third-order valence-corrected chi connectivity index (χ3v) is 5.23. The first-order chi connectivity index (χ1) is 12.5. The lowest BCUT2D eigenvalue weighted by Crippen LogP contribution is -2.50. The number of carbonyl (C=O) groups excluding carboxylic acids is 1. The Morgan fingerprint density at radius 3 is 2.65 bits per heavy atom. The second-order valence-electron chi connectivity index (χ2n) is 6.83. The van der Waals surface area contributed by atoms with Gasteiger partial charge in [0.1, 0.15) is 11.4 Å². The normalized spacial score (nSPS) is 16.7. The third-order valence-electron chi connectivity index (χ3n) is 4.73. The average molecular weight is 426 g/mol. The minimum atomic E-state index is -0.806. The number of aliphatic hydroxyl groups excluding tert-OH is 1. The van der Waals surface area contributed by atoms with Crippen LogP contribution in [0.5, 0.6) is 0 Å². The van der Waals surface area contributed by atoms with Crippen LogP contribution in [0, 0.1) is 17.1 Å². The van der Waals surface area contributed by atoms with Gasteiger partial charge in [0.25, 0.3) is 0 Å². The summed E-state index contributed by atoms with van der Waals surface area (Å²) in [6, 6.07) is 6.94. The zero-order valence-corrected chi connectivity index (χ0v) is 16.4. The second kappa shape index (κ2) is 10.0. The highest BCUT2D eigenvalue weighted by atomic mass is 79.9. The molecular formula is C19H25BrFN3O2. The summed E-state index contributed by atoms with van der Waals surface area (Å²) in [5.74, 6) is -0.619. The van der Waals surface area contributed by atoms with Crippen LogP contribution in [-0.4, -0.2) is 41.1 Å². The monoisotopic (exact) mass is 425 g/mol. The fourth-order valence-corrected chi connectivity index (χ4v) is 3.78. The number of rotatable bonds is 7. The maximum Gasteiger partial charge on any atom is 0.235 e. The number of carbonyl (C=O) groups is 1. The van der Waals surface area contributed by atoms with E-state index in [1.807, 2.05) is 0 Å². The molecule has 1 aliphatic rings. The van der Waals surface area contributed by atoms with Gasteiger partial charge in [0.15, 0.2) is 0 Å². The van der Waals surface area contributed by atoms with E-state index in [2.05, 4.69) is 27.3 Å². The van der Waals surface area contributed by atoms with Crippen LogP contribution in [-0.2, 0) is 11.3 Å². The molecule has 0 unspecified atom stereocenters. The van der Waals surface area contributed by atoms with E-state index in [1.54, 1.807) is 17.0 Å². The van der Waals surface area contributed by atoms with Crippen LogP contribution in [0.4, 0.5) is 4.39 Å². The lowest BCUT2D eigenvalue weighted by Gasteiger charge is -2.28. The molecule has 2 N–H and O–H groups in total. The summed E-state index contributed by atoms with van der Waals surface area (Å²) in [6.45, 7) is 0.333. The van der Waals surface area contributed by atoms with Gasteiger partial charge in [-0.1, -0.05) is 41.6 Å². The molecule has 1 saturated carbocycles. The van der Waals surface area contributed by atoms with Gasteiger partial charge in [0, 0.05) is 23.1 Å². The Hall–Kier alpha value is -1.49. The molecule has 1 fully saturated rings. The molecule has 0 aromatic heterocycles. The van der Waals surface area contributed by atoms with Crippen LogP contribution >= 0.6 is 15.9 Å². The molecule has 1 aliphatic carbocycles. The van der Waals surface area contributed by atoms with Gasteiger partial charge in [-0.2, -0.15) is 5.26 Å². The topological polar surface area (TPSA) is 76.4 Å². The molecule has 0 aliphatic heterocycles. The van der Waals surface area contributed by atoms with E-state index in [4.69, 9.17) is 0 Å². The summed E-state index contributed by atoms with van der Waals surface area (Å²) in [4.78, 5) is 14.2. The Bertz CT molecular complexity index is 655. The molecule has 1 aromatic carbocycles. The quantitative estimate of drug-likeness (QED) is 0.657. The minimum Gasteiger partial charge on any atom is -0.395 e. The van der Waals surface area contributed by atoms with Gasteiger partial charge < -0.3 is 10.4 Å². The summed E-state index contributed by atoms with van der Waals surface area (Å²) in [5, 5.41) is 21.8. The maximum absolute atomic E-state index is 14.0. The maximum atomic E-state index is 14.0. The number of nitrogens with zero attached hydrogens (tertiary/aromatic N) is 2. The molecule has 0 spiro atoms. The van der Waals surface area contributed by atoms with Crippen LogP contribution in [0.25, 0.3) is 0 Å². The van der Waals surface area contributed by atoms with E-state index < -0.39 is 5.54 Å². The summed E-state index contributed by atoms with van der Waals surface area (Å²) >= 11 is 3.32. The Labute approximate surface area is 162 Å².